The summed E-state index contributed by atoms with van der Waals surface area (Å²) in [4.78, 5) is 16.5. The Bertz CT molecular complexity index is 465. The number of furan rings is 1. The van der Waals surface area contributed by atoms with Crippen LogP contribution in [0.1, 0.15) is 30.2 Å². The Kier molecular flexibility index (Phi) is 4.08. The van der Waals surface area contributed by atoms with Crippen molar-refractivity contribution in [2.45, 2.75) is 25.3 Å². The van der Waals surface area contributed by atoms with Crippen LogP contribution in [-0.2, 0) is 11.2 Å². The molecular weight excluding hydrogens is 254 g/mol. The third-order valence-electron chi connectivity index (χ3n) is 4.41. The summed E-state index contributed by atoms with van der Waals surface area (Å²) in [6, 6.07) is 2.38. The molecule has 0 bridgehead atoms. The summed E-state index contributed by atoms with van der Waals surface area (Å²) in [6.07, 6.45) is 5.04. The monoisotopic (exact) mass is 277 g/mol. The van der Waals surface area contributed by atoms with E-state index < -0.39 is 0 Å². The van der Waals surface area contributed by atoms with Crippen molar-refractivity contribution in [1.29, 1.82) is 0 Å². The molecule has 5 heteroatoms. The predicted octanol–water partition coefficient (Wildman–Crippen LogP) is 1.02. The number of piperazine rings is 1. The van der Waals surface area contributed by atoms with Gasteiger partial charge in [0, 0.05) is 44.2 Å². The van der Waals surface area contributed by atoms with E-state index in [4.69, 9.17) is 4.42 Å². The van der Waals surface area contributed by atoms with Gasteiger partial charge in [-0.2, -0.15) is 0 Å². The molecule has 0 saturated carbocycles. The summed E-state index contributed by atoms with van der Waals surface area (Å²) in [6.45, 7) is 3.97. The first-order chi connectivity index (χ1) is 9.75. The highest BCUT2D eigenvalue weighted by atomic mass is 16.3. The van der Waals surface area contributed by atoms with E-state index in [0.717, 1.165) is 51.2 Å². The minimum atomic E-state index is 0.240. The Hall–Kier alpha value is -1.33. The average molecular weight is 277 g/mol. The number of hydrogen-bond donors (Lipinski definition) is 1. The number of nitrogens with one attached hydrogen (secondary N) is 1. The zero-order valence-electron chi connectivity index (χ0n) is 12.1. The summed E-state index contributed by atoms with van der Waals surface area (Å²) >= 11 is 0. The van der Waals surface area contributed by atoms with Gasteiger partial charge in [0.25, 0.3) is 0 Å². The van der Waals surface area contributed by atoms with E-state index in [9.17, 15) is 4.79 Å². The van der Waals surface area contributed by atoms with Gasteiger partial charge >= 0.3 is 0 Å². The third-order valence-corrected chi connectivity index (χ3v) is 4.41. The summed E-state index contributed by atoms with van der Waals surface area (Å²) in [5.74, 6) is 1.34. The molecule has 5 nitrogen and oxygen atoms in total. The third kappa shape index (κ3) is 2.74. The number of carbonyl (C=O) groups excluding carboxylic acids is 1. The molecule has 1 aliphatic carbocycles. The molecule has 1 unspecified atom stereocenters. The second-order valence-electron chi connectivity index (χ2n) is 5.75. The lowest BCUT2D eigenvalue weighted by atomic mass is 9.92. The molecular formula is C15H23N3O2. The summed E-state index contributed by atoms with van der Waals surface area (Å²) in [5.41, 5.74) is 1.27. The second kappa shape index (κ2) is 5.97. The number of hydrogen-bond acceptors (Lipinski definition) is 4. The van der Waals surface area contributed by atoms with Crippen LogP contribution in [0.4, 0.5) is 0 Å². The van der Waals surface area contributed by atoms with Crippen LogP contribution in [0.5, 0.6) is 0 Å². The largest absolute Gasteiger partial charge is 0.469 e. The maximum absolute atomic E-state index is 12.3. The molecule has 1 aliphatic heterocycles. The Morgan fingerprint density at radius 3 is 3.10 bits per heavy atom. The normalized spacial score (nSPS) is 22.9. The Morgan fingerprint density at radius 2 is 2.30 bits per heavy atom. The van der Waals surface area contributed by atoms with E-state index in [1.165, 1.54) is 5.56 Å². The molecule has 1 saturated heterocycles. The molecule has 3 rings (SSSR count). The van der Waals surface area contributed by atoms with Crippen LogP contribution in [0.25, 0.3) is 0 Å². The van der Waals surface area contributed by atoms with Crippen molar-refractivity contribution in [3.05, 3.63) is 23.7 Å². The second-order valence-corrected chi connectivity index (χ2v) is 5.75. The molecule has 1 aromatic rings. The van der Waals surface area contributed by atoms with E-state index in [-0.39, 0.29) is 5.91 Å². The minimum Gasteiger partial charge on any atom is -0.469 e. The van der Waals surface area contributed by atoms with Gasteiger partial charge in [0.05, 0.1) is 12.8 Å². The maximum atomic E-state index is 12.3. The highest BCUT2D eigenvalue weighted by Crippen LogP contribution is 2.34. The van der Waals surface area contributed by atoms with Gasteiger partial charge in [-0.3, -0.25) is 9.69 Å². The number of likely N-dealkylation sites (N-methyl/N-ethyl adjacent to an activating group) is 1. The first-order valence-electron chi connectivity index (χ1n) is 7.50. The molecule has 1 atom stereocenters. The van der Waals surface area contributed by atoms with Crippen LogP contribution >= 0.6 is 0 Å². The van der Waals surface area contributed by atoms with Crippen molar-refractivity contribution in [2.24, 2.45) is 0 Å². The SMILES string of the molecule is CN(CC(=O)N1CCNCC1)C1CCCc2occc21. The topological polar surface area (TPSA) is 48.7 Å². The average Bonchev–Trinajstić information content (AvgIpc) is 2.96. The highest BCUT2D eigenvalue weighted by molar-refractivity contribution is 5.78. The smallest absolute Gasteiger partial charge is 0.236 e. The fourth-order valence-electron chi connectivity index (χ4n) is 3.26. The quantitative estimate of drug-likeness (QED) is 0.896. The zero-order chi connectivity index (χ0) is 13.9. The van der Waals surface area contributed by atoms with Gasteiger partial charge in [0.15, 0.2) is 0 Å². The van der Waals surface area contributed by atoms with Gasteiger partial charge in [0.2, 0.25) is 5.91 Å². The van der Waals surface area contributed by atoms with Crippen molar-refractivity contribution >= 4 is 5.91 Å². The van der Waals surface area contributed by atoms with Crippen molar-refractivity contribution < 1.29 is 9.21 Å². The minimum absolute atomic E-state index is 0.240. The molecule has 20 heavy (non-hydrogen) atoms. The molecule has 1 amide bonds. The van der Waals surface area contributed by atoms with Crippen molar-refractivity contribution in [3.63, 3.8) is 0 Å². The van der Waals surface area contributed by atoms with Crippen LogP contribution in [-0.4, -0.2) is 55.5 Å². The lowest BCUT2D eigenvalue weighted by molar-refractivity contribution is -0.133. The Morgan fingerprint density at radius 1 is 1.50 bits per heavy atom. The Balaban J connectivity index is 1.62. The van der Waals surface area contributed by atoms with E-state index in [0.29, 0.717) is 12.6 Å². The molecule has 2 heterocycles. The standard InChI is InChI=1S/C15H23N3O2/c1-17(11-15(19)18-8-6-16-7-9-18)13-3-2-4-14-12(13)5-10-20-14/h5,10,13,16H,2-4,6-9,11H2,1H3. The van der Waals surface area contributed by atoms with E-state index in [2.05, 4.69) is 16.3 Å². The van der Waals surface area contributed by atoms with Crippen LogP contribution in [0.15, 0.2) is 16.7 Å². The fraction of sp³-hybridized carbons (Fsp3) is 0.667. The Labute approximate surface area is 119 Å². The van der Waals surface area contributed by atoms with Crippen LogP contribution in [0, 0.1) is 0 Å². The molecule has 2 aliphatic rings. The van der Waals surface area contributed by atoms with E-state index >= 15 is 0 Å². The van der Waals surface area contributed by atoms with Crippen LogP contribution < -0.4 is 5.32 Å². The van der Waals surface area contributed by atoms with Gasteiger partial charge in [-0.15, -0.1) is 0 Å². The lowest BCUT2D eigenvalue weighted by Gasteiger charge is -2.33. The predicted molar refractivity (Wildman–Crippen MR) is 76.5 cm³/mol. The van der Waals surface area contributed by atoms with E-state index in [1.807, 2.05) is 11.9 Å². The summed E-state index contributed by atoms with van der Waals surface area (Å²) in [5, 5.41) is 3.28. The number of rotatable bonds is 3. The number of amides is 1. The molecule has 1 aromatic heterocycles. The van der Waals surface area contributed by atoms with E-state index in [1.54, 1.807) is 6.26 Å². The van der Waals surface area contributed by atoms with Gasteiger partial charge in [-0.1, -0.05) is 0 Å². The van der Waals surface area contributed by atoms with Crippen LogP contribution in [0.2, 0.25) is 0 Å². The van der Waals surface area contributed by atoms with Gasteiger partial charge in [-0.05, 0) is 26.0 Å². The van der Waals surface area contributed by atoms with Crippen molar-refractivity contribution in [1.82, 2.24) is 15.1 Å². The number of nitrogens with zero attached hydrogens (tertiary/aromatic N) is 2. The van der Waals surface area contributed by atoms with Gasteiger partial charge in [0.1, 0.15) is 5.76 Å². The first kappa shape index (κ1) is 13.6. The number of fused-ring (bicyclic) bond motifs is 1. The maximum Gasteiger partial charge on any atom is 0.236 e. The molecule has 0 radical (unpaired) electrons. The zero-order valence-corrected chi connectivity index (χ0v) is 12.1. The fourth-order valence-corrected chi connectivity index (χ4v) is 3.26. The summed E-state index contributed by atoms with van der Waals surface area (Å²) < 4.78 is 5.53. The molecule has 1 fully saturated rings. The summed E-state index contributed by atoms with van der Waals surface area (Å²) in [7, 11) is 2.05. The van der Waals surface area contributed by atoms with Crippen molar-refractivity contribution in [2.75, 3.05) is 39.8 Å². The molecule has 0 spiro atoms. The number of aryl methyl sites for hydroxylation is 1. The highest BCUT2D eigenvalue weighted by Gasteiger charge is 2.28. The number of carbonyl (C=O) groups is 1. The van der Waals surface area contributed by atoms with Crippen LogP contribution in [0.3, 0.4) is 0 Å². The van der Waals surface area contributed by atoms with Gasteiger partial charge in [-0.25, -0.2) is 0 Å². The molecule has 1 N–H and O–H groups in total. The lowest BCUT2D eigenvalue weighted by Crippen LogP contribution is -2.49. The van der Waals surface area contributed by atoms with Crippen molar-refractivity contribution in [3.8, 4) is 0 Å². The first-order valence-corrected chi connectivity index (χ1v) is 7.50. The van der Waals surface area contributed by atoms with Gasteiger partial charge < -0.3 is 14.6 Å². The molecule has 0 aromatic carbocycles. The molecule has 110 valence electrons.